The van der Waals surface area contributed by atoms with Gasteiger partial charge >= 0.3 is 0 Å². The maximum atomic E-state index is 7.35. The second-order valence-corrected chi connectivity index (χ2v) is 4.08. The number of fused-ring (bicyclic) bond motifs is 1. The highest BCUT2D eigenvalue weighted by molar-refractivity contribution is 6.32. The average Bonchev–Trinajstić information content (AvgIpc) is 2.72. The van der Waals surface area contributed by atoms with Crippen molar-refractivity contribution in [1.82, 2.24) is 14.6 Å². The molecule has 0 aliphatic carbocycles. The van der Waals surface area contributed by atoms with Crippen molar-refractivity contribution in [1.29, 1.82) is 0 Å². The van der Waals surface area contributed by atoms with Gasteiger partial charge in [0, 0.05) is 18.0 Å². The Kier molecular flexibility index (Phi) is 2.27. The van der Waals surface area contributed by atoms with Crippen LogP contribution in [0.4, 0.5) is 5.69 Å². The number of ether oxygens (including phenoxy) is 1. The SMILES string of the molecule is [2H]c1nc2cc(Oc3ccc(N)cc3Cl)ccn2n1. The average molecular weight is 262 g/mol. The number of nitrogens with two attached hydrogens (primary N) is 1. The van der Waals surface area contributed by atoms with Crippen LogP contribution in [0.2, 0.25) is 5.02 Å². The number of aromatic nitrogens is 3. The van der Waals surface area contributed by atoms with Gasteiger partial charge in [-0.25, -0.2) is 9.50 Å². The molecule has 0 radical (unpaired) electrons. The molecule has 0 atom stereocenters. The van der Waals surface area contributed by atoms with Gasteiger partial charge in [-0.2, -0.15) is 5.10 Å². The van der Waals surface area contributed by atoms with Crippen molar-refractivity contribution in [2.75, 3.05) is 5.73 Å². The molecule has 0 saturated heterocycles. The Morgan fingerprint density at radius 1 is 1.33 bits per heavy atom. The highest BCUT2D eigenvalue weighted by Crippen LogP contribution is 2.30. The third-order valence-corrected chi connectivity index (χ3v) is 2.68. The van der Waals surface area contributed by atoms with E-state index in [0.29, 0.717) is 27.9 Å². The summed E-state index contributed by atoms with van der Waals surface area (Å²) in [6, 6.07) is 8.42. The van der Waals surface area contributed by atoms with Gasteiger partial charge in [0.2, 0.25) is 0 Å². The number of rotatable bonds is 2. The van der Waals surface area contributed by atoms with Gasteiger partial charge in [0.15, 0.2) is 5.65 Å². The van der Waals surface area contributed by atoms with Gasteiger partial charge in [-0.05, 0) is 24.3 Å². The Hall–Kier alpha value is -2.27. The molecule has 0 aliphatic rings. The molecule has 2 N–H and O–H groups in total. The summed E-state index contributed by atoms with van der Waals surface area (Å²) in [6.07, 6.45) is 1.63. The zero-order chi connectivity index (χ0) is 13.4. The van der Waals surface area contributed by atoms with Crippen molar-refractivity contribution >= 4 is 22.9 Å². The van der Waals surface area contributed by atoms with E-state index in [2.05, 4.69) is 10.1 Å². The number of pyridine rings is 1. The fraction of sp³-hybridized carbons (Fsp3) is 0. The van der Waals surface area contributed by atoms with Crippen LogP contribution in [-0.4, -0.2) is 14.6 Å². The van der Waals surface area contributed by atoms with Crippen LogP contribution in [0, 0.1) is 0 Å². The zero-order valence-electron chi connectivity index (χ0n) is 10.2. The van der Waals surface area contributed by atoms with Gasteiger partial charge in [-0.1, -0.05) is 11.6 Å². The topological polar surface area (TPSA) is 65.4 Å². The predicted molar refractivity (Wildman–Crippen MR) is 68.9 cm³/mol. The van der Waals surface area contributed by atoms with E-state index in [-0.39, 0.29) is 6.30 Å². The van der Waals surface area contributed by atoms with Crippen molar-refractivity contribution in [2.45, 2.75) is 0 Å². The normalized spacial score (nSPS) is 11.5. The summed E-state index contributed by atoms with van der Waals surface area (Å²) < 4.78 is 14.5. The van der Waals surface area contributed by atoms with Crippen molar-refractivity contribution < 1.29 is 6.11 Å². The Labute approximate surface area is 109 Å². The number of nitrogen functional groups attached to an aromatic ring is 1. The van der Waals surface area contributed by atoms with Gasteiger partial charge in [0.25, 0.3) is 0 Å². The molecule has 5 nitrogen and oxygen atoms in total. The molecule has 6 heteroatoms. The van der Waals surface area contributed by atoms with Crippen LogP contribution in [0.5, 0.6) is 11.5 Å². The molecule has 0 spiro atoms. The summed E-state index contributed by atoms with van der Waals surface area (Å²) in [5.41, 5.74) is 6.73. The molecule has 3 aromatic rings. The predicted octanol–water partition coefficient (Wildman–Crippen LogP) is 2.76. The lowest BCUT2D eigenvalue weighted by molar-refractivity contribution is 0.482. The quantitative estimate of drug-likeness (QED) is 0.721. The molecule has 0 amide bonds. The Bertz CT molecular complexity index is 759. The van der Waals surface area contributed by atoms with E-state index >= 15 is 0 Å². The minimum atomic E-state index is -0.0392. The van der Waals surface area contributed by atoms with Crippen molar-refractivity contribution in [3.05, 3.63) is 47.9 Å². The number of halogens is 1. The Balaban J connectivity index is 1.96. The third kappa shape index (κ3) is 1.96. The van der Waals surface area contributed by atoms with Crippen LogP contribution in [0.15, 0.2) is 42.8 Å². The first-order chi connectivity index (χ1) is 9.11. The molecular formula is C12H9ClN4O. The van der Waals surface area contributed by atoms with Crippen LogP contribution in [0.3, 0.4) is 0 Å². The maximum Gasteiger partial charge on any atom is 0.158 e. The number of nitrogens with zero attached hydrogens (tertiary/aromatic N) is 3. The number of benzene rings is 1. The molecule has 3 rings (SSSR count). The summed E-state index contributed by atoms with van der Waals surface area (Å²) in [6.45, 7) is 0. The Morgan fingerprint density at radius 2 is 2.22 bits per heavy atom. The minimum absolute atomic E-state index is 0.0392. The van der Waals surface area contributed by atoms with Crippen LogP contribution < -0.4 is 10.5 Å². The number of hydrogen-bond acceptors (Lipinski definition) is 4. The fourth-order valence-corrected chi connectivity index (χ4v) is 1.77. The fourth-order valence-electron chi connectivity index (χ4n) is 1.54. The summed E-state index contributed by atoms with van der Waals surface area (Å²) in [7, 11) is 0. The summed E-state index contributed by atoms with van der Waals surface area (Å²) in [5, 5.41) is 4.30. The summed E-state index contributed by atoms with van der Waals surface area (Å²) in [5.74, 6) is 1.07. The van der Waals surface area contributed by atoms with E-state index in [1.165, 1.54) is 4.52 Å². The van der Waals surface area contributed by atoms with Crippen LogP contribution in [-0.2, 0) is 0 Å². The highest BCUT2D eigenvalue weighted by atomic mass is 35.5. The molecule has 2 heterocycles. The third-order valence-electron chi connectivity index (χ3n) is 2.39. The van der Waals surface area contributed by atoms with Crippen LogP contribution >= 0.6 is 11.6 Å². The second kappa shape index (κ2) is 4.19. The molecule has 0 aliphatic heterocycles. The molecule has 0 fully saturated rings. The molecule has 0 unspecified atom stereocenters. The van der Waals surface area contributed by atoms with Gasteiger partial charge < -0.3 is 10.5 Å². The lowest BCUT2D eigenvalue weighted by atomic mass is 10.3. The maximum absolute atomic E-state index is 7.35. The van der Waals surface area contributed by atoms with E-state index in [0.717, 1.165) is 0 Å². The lowest BCUT2D eigenvalue weighted by Gasteiger charge is -2.07. The van der Waals surface area contributed by atoms with Crippen LogP contribution in [0.1, 0.15) is 1.37 Å². The molecule has 0 bridgehead atoms. The lowest BCUT2D eigenvalue weighted by Crippen LogP contribution is -1.91. The molecule has 2 aromatic heterocycles. The molecule has 18 heavy (non-hydrogen) atoms. The van der Waals surface area contributed by atoms with Crippen molar-refractivity contribution in [3.63, 3.8) is 0 Å². The van der Waals surface area contributed by atoms with Gasteiger partial charge in [-0.15, -0.1) is 0 Å². The van der Waals surface area contributed by atoms with E-state index in [1.54, 1.807) is 36.5 Å². The molecule has 1 aromatic carbocycles. The number of anilines is 1. The molecule has 90 valence electrons. The van der Waals surface area contributed by atoms with Gasteiger partial charge in [0.1, 0.15) is 19.2 Å². The summed E-state index contributed by atoms with van der Waals surface area (Å²) in [4.78, 5) is 3.94. The van der Waals surface area contributed by atoms with Crippen molar-refractivity contribution in [3.8, 4) is 11.5 Å². The summed E-state index contributed by atoms with van der Waals surface area (Å²) >= 11 is 6.03. The van der Waals surface area contributed by atoms with Crippen LogP contribution in [0.25, 0.3) is 5.65 Å². The largest absolute Gasteiger partial charge is 0.456 e. The van der Waals surface area contributed by atoms with E-state index in [9.17, 15) is 0 Å². The van der Waals surface area contributed by atoms with E-state index in [4.69, 9.17) is 23.4 Å². The van der Waals surface area contributed by atoms with Crippen molar-refractivity contribution in [2.24, 2.45) is 0 Å². The number of hydrogen-bond donors (Lipinski definition) is 1. The first kappa shape index (κ1) is 9.73. The van der Waals surface area contributed by atoms with E-state index in [1.807, 2.05) is 0 Å². The smallest absolute Gasteiger partial charge is 0.158 e. The monoisotopic (exact) mass is 261 g/mol. The first-order valence-electron chi connectivity index (χ1n) is 5.68. The second-order valence-electron chi connectivity index (χ2n) is 3.67. The molecule has 0 saturated carbocycles. The zero-order valence-corrected chi connectivity index (χ0v) is 9.93. The van der Waals surface area contributed by atoms with Gasteiger partial charge in [0.05, 0.1) is 5.02 Å². The minimum Gasteiger partial charge on any atom is -0.456 e. The standard InChI is InChI=1S/C12H9ClN4O/c13-10-5-8(14)1-2-11(10)18-9-3-4-17-12(6-9)15-7-16-17/h1-7H,14H2/i7D. The first-order valence-corrected chi connectivity index (χ1v) is 5.55. The Morgan fingerprint density at radius 3 is 3.06 bits per heavy atom. The van der Waals surface area contributed by atoms with Gasteiger partial charge in [-0.3, -0.25) is 0 Å². The molecular weight excluding hydrogens is 252 g/mol. The highest BCUT2D eigenvalue weighted by Gasteiger charge is 2.05. The van der Waals surface area contributed by atoms with E-state index < -0.39 is 0 Å².